The lowest BCUT2D eigenvalue weighted by Crippen LogP contribution is -2.51. The number of carboxylic acids is 1. The van der Waals surface area contributed by atoms with Crippen LogP contribution in [0.5, 0.6) is 0 Å². The second kappa shape index (κ2) is 10.5. The van der Waals surface area contributed by atoms with Crippen molar-refractivity contribution in [3.63, 3.8) is 0 Å². The van der Waals surface area contributed by atoms with Gasteiger partial charge >= 0.3 is 12.1 Å². The van der Waals surface area contributed by atoms with Crippen LogP contribution in [0.2, 0.25) is 0 Å². The number of nitrogens with one attached hydrogen (secondary N) is 1. The predicted molar refractivity (Wildman–Crippen MR) is 104 cm³/mol. The number of benzene rings is 1. The lowest BCUT2D eigenvalue weighted by molar-refractivity contribution is -0.139. The van der Waals surface area contributed by atoms with Crippen LogP contribution in [0.1, 0.15) is 45.1 Å². The molecular formula is C18H22Cl3F2NO4. The summed E-state index contributed by atoms with van der Waals surface area (Å²) in [4.78, 5) is 23.9. The molecule has 0 aliphatic rings. The summed E-state index contributed by atoms with van der Waals surface area (Å²) in [6.45, 7) is 3.62. The molecule has 5 nitrogen and oxygen atoms in total. The molecule has 0 bridgehead atoms. The Labute approximate surface area is 177 Å². The Morgan fingerprint density at radius 1 is 1.14 bits per heavy atom. The summed E-state index contributed by atoms with van der Waals surface area (Å²) in [7, 11) is 0. The molecule has 0 aliphatic carbocycles. The third-order valence-corrected chi connectivity index (χ3v) is 5.21. The summed E-state index contributed by atoms with van der Waals surface area (Å²) in [6.07, 6.45) is -0.258. The SMILES string of the molecule is CCCC(CCC)(OC(=O)N[C@H](Cc1c(F)cccc1F)C(=O)O)C(Cl)(Cl)Cl. The zero-order valence-electron chi connectivity index (χ0n) is 15.4. The molecule has 0 saturated heterocycles. The molecule has 0 saturated carbocycles. The van der Waals surface area contributed by atoms with Gasteiger partial charge in [-0.1, -0.05) is 67.6 Å². The normalized spacial score (nSPS) is 13.1. The van der Waals surface area contributed by atoms with Gasteiger partial charge in [0, 0.05) is 12.0 Å². The van der Waals surface area contributed by atoms with Crippen molar-refractivity contribution in [2.24, 2.45) is 0 Å². The van der Waals surface area contributed by atoms with Crippen LogP contribution >= 0.6 is 34.8 Å². The van der Waals surface area contributed by atoms with Crippen molar-refractivity contribution >= 4 is 46.9 Å². The van der Waals surface area contributed by atoms with Crippen molar-refractivity contribution in [1.29, 1.82) is 0 Å². The molecule has 10 heteroatoms. The molecule has 0 aromatic heterocycles. The van der Waals surface area contributed by atoms with Gasteiger partial charge < -0.3 is 15.2 Å². The van der Waals surface area contributed by atoms with E-state index in [2.05, 4.69) is 5.32 Å². The second-order valence-corrected chi connectivity index (χ2v) is 8.60. The van der Waals surface area contributed by atoms with Gasteiger partial charge in [-0.15, -0.1) is 0 Å². The Hall–Kier alpha value is -1.31. The highest BCUT2D eigenvalue weighted by Crippen LogP contribution is 2.46. The number of carbonyl (C=O) groups excluding carboxylic acids is 1. The molecule has 0 heterocycles. The quantitative estimate of drug-likeness (QED) is 0.484. The molecule has 0 fully saturated rings. The molecule has 158 valence electrons. The fourth-order valence-corrected chi connectivity index (χ4v) is 3.54. The fourth-order valence-electron chi connectivity index (χ4n) is 2.86. The van der Waals surface area contributed by atoms with Gasteiger partial charge in [-0.3, -0.25) is 0 Å². The van der Waals surface area contributed by atoms with Crippen molar-refractivity contribution in [3.8, 4) is 0 Å². The zero-order valence-corrected chi connectivity index (χ0v) is 17.7. The first-order valence-electron chi connectivity index (χ1n) is 8.69. The summed E-state index contributed by atoms with van der Waals surface area (Å²) < 4.78 is 31.0. The van der Waals surface area contributed by atoms with Crippen molar-refractivity contribution in [2.45, 2.75) is 61.4 Å². The number of carbonyl (C=O) groups is 2. The van der Waals surface area contributed by atoms with Crippen LogP contribution in [0.3, 0.4) is 0 Å². The van der Waals surface area contributed by atoms with Gasteiger partial charge in [0.25, 0.3) is 0 Å². The summed E-state index contributed by atoms with van der Waals surface area (Å²) in [5.41, 5.74) is -1.94. The highest BCUT2D eigenvalue weighted by atomic mass is 35.6. The molecular weight excluding hydrogens is 439 g/mol. The third kappa shape index (κ3) is 6.36. The lowest BCUT2D eigenvalue weighted by Gasteiger charge is -2.39. The summed E-state index contributed by atoms with van der Waals surface area (Å²) in [5, 5.41) is 11.4. The van der Waals surface area contributed by atoms with Gasteiger partial charge in [-0.05, 0) is 25.0 Å². The molecule has 0 aliphatic heterocycles. The Morgan fingerprint density at radius 3 is 2.04 bits per heavy atom. The number of aliphatic carboxylic acids is 1. The molecule has 1 aromatic carbocycles. The smallest absolute Gasteiger partial charge is 0.408 e. The minimum atomic E-state index is -1.95. The van der Waals surface area contributed by atoms with Crippen LogP contribution in [0.15, 0.2) is 18.2 Å². The molecule has 28 heavy (non-hydrogen) atoms. The first kappa shape index (κ1) is 24.7. The summed E-state index contributed by atoms with van der Waals surface area (Å²) in [5.74, 6) is -3.34. The average Bonchev–Trinajstić information content (AvgIpc) is 2.56. The van der Waals surface area contributed by atoms with E-state index in [9.17, 15) is 23.5 Å². The van der Waals surface area contributed by atoms with E-state index in [1.54, 1.807) is 0 Å². The standard InChI is InChI=1S/C18H22Cl3F2NO4/c1-3-8-17(9-4-2,18(19,20)21)28-16(27)24-14(15(25)26)10-11-12(22)6-5-7-13(11)23/h5-7,14H,3-4,8-10H2,1-2H3,(H,24,27)(H,25,26)/t14-/m1/s1. The molecule has 1 rings (SSSR count). The van der Waals surface area contributed by atoms with E-state index < -0.39 is 51.1 Å². The molecule has 0 radical (unpaired) electrons. The molecule has 1 atom stereocenters. The van der Waals surface area contributed by atoms with Gasteiger partial charge in [0.05, 0.1) is 0 Å². The molecule has 1 aromatic rings. The fraction of sp³-hybridized carbons (Fsp3) is 0.556. The van der Waals surface area contributed by atoms with Gasteiger partial charge in [0.15, 0.2) is 5.60 Å². The maximum atomic E-state index is 13.8. The topological polar surface area (TPSA) is 75.6 Å². The molecule has 0 spiro atoms. The number of hydrogen-bond acceptors (Lipinski definition) is 3. The van der Waals surface area contributed by atoms with E-state index in [-0.39, 0.29) is 12.8 Å². The number of carboxylic acid groups (broad SMARTS) is 1. The number of rotatable bonds is 9. The maximum absolute atomic E-state index is 13.8. The highest BCUT2D eigenvalue weighted by Gasteiger charge is 2.51. The van der Waals surface area contributed by atoms with E-state index >= 15 is 0 Å². The van der Waals surface area contributed by atoms with Crippen molar-refractivity contribution < 1.29 is 28.2 Å². The summed E-state index contributed by atoms with van der Waals surface area (Å²) >= 11 is 18.1. The number of ether oxygens (including phenoxy) is 1. The van der Waals surface area contributed by atoms with Crippen LogP contribution in [-0.2, 0) is 16.0 Å². The van der Waals surface area contributed by atoms with E-state index in [1.165, 1.54) is 0 Å². The van der Waals surface area contributed by atoms with Crippen LogP contribution in [0.25, 0.3) is 0 Å². The van der Waals surface area contributed by atoms with Gasteiger partial charge in [0.2, 0.25) is 3.79 Å². The van der Waals surface area contributed by atoms with Gasteiger partial charge in [0.1, 0.15) is 17.7 Å². The van der Waals surface area contributed by atoms with Crippen LogP contribution in [0.4, 0.5) is 13.6 Å². The monoisotopic (exact) mass is 459 g/mol. The van der Waals surface area contributed by atoms with E-state index in [0.29, 0.717) is 12.8 Å². The third-order valence-electron chi connectivity index (χ3n) is 4.17. The van der Waals surface area contributed by atoms with Crippen LogP contribution in [0, 0.1) is 11.6 Å². The minimum absolute atomic E-state index is 0.227. The summed E-state index contributed by atoms with van der Waals surface area (Å²) in [6, 6.07) is 1.49. The van der Waals surface area contributed by atoms with E-state index in [0.717, 1.165) is 18.2 Å². The molecule has 0 unspecified atom stereocenters. The second-order valence-electron chi connectivity index (χ2n) is 6.32. The molecule has 1 amide bonds. The largest absolute Gasteiger partial charge is 0.480 e. The Kier molecular flexibility index (Phi) is 9.24. The number of amides is 1. The highest BCUT2D eigenvalue weighted by molar-refractivity contribution is 6.68. The maximum Gasteiger partial charge on any atom is 0.408 e. The molecule has 2 N–H and O–H groups in total. The van der Waals surface area contributed by atoms with Gasteiger partial charge in [-0.25, -0.2) is 18.4 Å². The van der Waals surface area contributed by atoms with Gasteiger partial charge in [-0.2, -0.15) is 0 Å². The number of hydrogen-bond donors (Lipinski definition) is 2. The zero-order chi connectivity index (χ0) is 21.5. The Morgan fingerprint density at radius 2 is 1.64 bits per heavy atom. The predicted octanol–water partition coefficient (Wildman–Crippen LogP) is 5.40. The average molecular weight is 461 g/mol. The Bertz CT molecular complexity index is 672. The minimum Gasteiger partial charge on any atom is -0.480 e. The van der Waals surface area contributed by atoms with Crippen LogP contribution in [-0.4, -0.2) is 32.6 Å². The number of halogens is 5. The van der Waals surface area contributed by atoms with E-state index in [1.807, 2.05) is 13.8 Å². The first-order chi connectivity index (χ1) is 13.0. The Balaban J connectivity index is 3.03. The number of alkyl halides is 3. The van der Waals surface area contributed by atoms with E-state index in [4.69, 9.17) is 39.5 Å². The lowest BCUT2D eigenvalue weighted by atomic mass is 9.94. The van der Waals surface area contributed by atoms with Crippen LogP contribution < -0.4 is 5.32 Å². The first-order valence-corrected chi connectivity index (χ1v) is 9.82. The van der Waals surface area contributed by atoms with Crippen molar-refractivity contribution in [2.75, 3.05) is 0 Å². The van der Waals surface area contributed by atoms with Crippen molar-refractivity contribution in [3.05, 3.63) is 35.4 Å². The number of alkyl carbamates (subject to hydrolysis) is 1. The van der Waals surface area contributed by atoms with Crippen molar-refractivity contribution in [1.82, 2.24) is 5.32 Å².